The molecule has 4 rings (SSSR count). The third kappa shape index (κ3) is 3.48. The highest BCUT2D eigenvalue weighted by molar-refractivity contribution is 7.99. The van der Waals surface area contributed by atoms with Gasteiger partial charge >= 0.3 is 4.87 Å². The second-order valence-electron chi connectivity index (χ2n) is 6.14. The SMILES string of the molecule is O=CC1CSc2[nH]c(=O)sc2C1c1ccc(OCc2ccccc2)cc1. The quantitative estimate of drug-likeness (QED) is 0.675. The summed E-state index contributed by atoms with van der Waals surface area (Å²) in [7, 11) is 0. The minimum atomic E-state index is -0.130. The molecule has 0 saturated carbocycles. The van der Waals surface area contributed by atoms with Crippen LogP contribution in [0.15, 0.2) is 64.4 Å². The van der Waals surface area contributed by atoms with E-state index in [1.165, 1.54) is 11.3 Å². The van der Waals surface area contributed by atoms with Gasteiger partial charge in [0.05, 0.1) is 5.03 Å². The number of aromatic amines is 1. The van der Waals surface area contributed by atoms with Crippen LogP contribution in [0.2, 0.25) is 0 Å². The van der Waals surface area contributed by atoms with Gasteiger partial charge in [0.25, 0.3) is 0 Å². The summed E-state index contributed by atoms with van der Waals surface area (Å²) in [6.07, 6.45) is 1.00. The summed E-state index contributed by atoms with van der Waals surface area (Å²) in [5, 5.41) is 0.896. The van der Waals surface area contributed by atoms with E-state index in [2.05, 4.69) is 4.98 Å². The van der Waals surface area contributed by atoms with Gasteiger partial charge in [-0.25, -0.2) is 0 Å². The molecule has 2 atom stereocenters. The Morgan fingerprint density at radius 1 is 1.12 bits per heavy atom. The Kier molecular flexibility index (Phi) is 4.95. The number of benzene rings is 2. The van der Waals surface area contributed by atoms with E-state index in [-0.39, 0.29) is 16.7 Å². The van der Waals surface area contributed by atoms with E-state index in [1.807, 2.05) is 54.6 Å². The van der Waals surface area contributed by atoms with E-state index in [1.54, 1.807) is 11.8 Å². The van der Waals surface area contributed by atoms with Crippen molar-refractivity contribution in [3.05, 3.63) is 80.3 Å². The maximum Gasteiger partial charge on any atom is 0.305 e. The van der Waals surface area contributed by atoms with E-state index in [0.717, 1.165) is 33.1 Å². The van der Waals surface area contributed by atoms with Crippen molar-refractivity contribution in [3.8, 4) is 5.75 Å². The zero-order chi connectivity index (χ0) is 17.9. The van der Waals surface area contributed by atoms with E-state index in [9.17, 15) is 9.59 Å². The highest BCUT2D eigenvalue weighted by Gasteiger charge is 2.33. The van der Waals surface area contributed by atoms with Crippen molar-refractivity contribution < 1.29 is 9.53 Å². The van der Waals surface area contributed by atoms with Crippen molar-refractivity contribution >= 4 is 29.4 Å². The van der Waals surface area contributed by atoms with Gasteiger partial charge in [-0.05, 0) is 23.3 Å². The third-order valence-electron chi connectivity index (χ3n) is 4.44. The average molecular weight is 383 g/mol. The Morgan fingerprint density at radius 3 is 2.62 bits per heavy atom. The number of H-pyrrole nitrogens is 1. The first-order chi connectivity index (χ1) is 12.7. The second-order valence-corrected chi connectivity index (χ2v) is 8.18. The van der Waals surface area contributed by atoms with Crippen molar-refractivity contribution in [2.24, 2.45) is 5.92 Å². The Balaban J connectivity index is 1.55. The van der Waals surface area contributed by atoms with Crippen LogP contribution in [0.3, 0.4) is 0 Å². The summed E-state index contributed by atoms with van der Waals surface area (Å²) in [6.45, 7) is 0.515. The monoisotopic (exact) mass is 383 g/mol. The number of nitrogens with one attached hydrogen (secondary N) is 1. The topological polar surface area (TPSA) is 59.2 Å². The minimum Gasteiger partial charge on any atom is -0.489 e. The fourth-order valence-electron chi connectivity index (χ4n) is 3.14. The lowest BCUT2D eigenvalue weighted by Gasteiger charge is -2.27. The Hall–Kier alpha value is -2.31. The Labute approximate surface area is 159 Å². The molecule has 1 N–H and O–H groups in total. The predicted octanol–water partition coefficient (Wildman–Crippen LogP) is 4.07. The minimum absolute atomic E-state index is 0.0677. The molecule has 0 spiro atoms. The van der Waals surface area contributed by atoms with Crippen LogP contribution in [-0.2, 0) is 11.4 Å². The van der Waals surface area contributed by atoms with E-state index >= 15 is 0 Å². The first-order valence-corrected chi connectivity index (χ1v) is 10.1. The van der Waals surface area contributed by atoms with Crippen LogP contribution in [0.25, 0.3) is 0 Å². The maximum atomic E-state index is 11.7. The molecule has 0 fully saturated rings. The molecule has 26 heavy (non-hydrogen) atoms. The lowest BCUT2D eigenvalue weighted by atomic mass is 9.86. The van der Waals surface area contributed by atoms with Crippen LogP contribution < -0.4 is 9.61 Å². The van der Waals surface area contributed by atoms with Gasteiger partial charge in [0.1, 0.15) is 18.6 Å². The summed E-state index contributed by atoms with van der Waals surface area (Å²) in [5.41, 5.74) is 2.15. The zero-order valence-corrected chi connectivity index (χ0v) is 15.5. The number of carbonyl (C=O) groups excluding carboxylic acids is 1. The zero-order valence-electron chi connectivity index (χ0n) is 13.9. The van der Waals surface area contributed by atoms with Crippen LogP contribution in [-0.4, -0.2) is 17.0 Å². The van der Waals surface area contributed by atoms with Crippen LogP contribution in [0.1, 0.15) is 21.9 Å². The van der Waals surface area contributed by atoms with Crippen molar-refractivity contribution in [3.63, 3.8) is 0 Å². The molecule has 0 bridgehead atoms. The summed E-state index contributed by atoms with van der Waals surface area (Å²) in [4.78, 5) is 27.1. The molecular weight excluding hydrogens is 366 g/mol. The lowest BCUT2D eigenvalue weighted by molar-refractivity contribution is -0.110. The maximum absolute atomic E-state index is 11.7. The number of aldehydes is 1. The van der Waals surface area contributed by atoms with E-state index in [4.69, 9.17) is 4.74 Å². The highest BCUT2D eigenvalue weighted by atomic mass is 32.2. The molecule has 2 unspecified atom stereocenters. The number of carbonyl (C=O) groups is 1. The van der Waals surface area contributed by atoms with Crippen molar-refractivity contribution in [1.29, 1.82) is 0 Å². The molecule has 1 aliphatic heterocycles. The van der Waals surface area contributed by atoms with Crippen molar-refractivity contribution in [2.45, 2.75) is 17.6 Å². The van der Waals surface area contributed by atoms with Gasteiger partial charge in [0, 0.05) is 22.5 Å². The van der Waals surface area contributed by atoms with E-state index < -0.39 is 0 Å². The molecule has 2 aromatic carbocycles. The largest absolute Gasteiger partial charge is 0.489 e. The molecule has 132 valence electrons. The standard InChI is InChI=1S/C20H17NO3S2/c22-10-15-12-25-19-18(26-20(23)21-19)17(15)14-6-8-16(9-7-14)24-11-13-4-2-1-3-5-13/h1-10,15,17H,11-12H2,(H,21,23). The lowest BCUT2D eigenvalue weighted by Crippen LogP contribution is -2.21. The normalized spacial score (nSPS) is 18.9. The fraction of sp³-hybridized carbons (Fsp3) is 0.200. The van der Waals surface area contributed by atoms with Crippen LogP contribution in [0.4, 0.5) is 0 Å². The third-order valence-corrected chi connectivity index (χ3v) is 6.69. The number of ether oxygens (including phenoxy) is 1. The summed E-state index contributed by atoms with van der Waals surface area (Å²) in [6, 6.07) is 17.8. The van der Waals surface area contributed by atoms with Gasteiger partial charge in [-0.3, -0.25) is 4.79 Å². The molecule has 0 amide bonds. The molecule has 1 aliphatic rings. The van der Waals surface area contributed by atoms with Crippen LogP contribution in [0.5, 0.6) is 5.75 Å². The van der Waals surface area contributed by atoms with Gasteiger partial charge in [0.15, 0.2) is 0 Å². The van der Waals surface area contributed by atoms with Gasteiger partial charge < -0.3 is 14.5 Å². The second kappa shape index (κ2) is 7.51. The molecule has 4 nitrogen and oxygen atoms in total. The number of thioether (sulfide) groups is 1. The number of aromatic nitrogens is 1. The van der Waals surface area contributed by atoms with E-state index in [0.29, 0.717) is 12.4 Å². The van der Waals surface area contributed by atoms with Gasteiger partial charge in [0.2, 0.25) is 0 Å². The van der Waals surface area contributed by atoms with Crippen LogP contribution in [0, 0.1) is 5.92 Å². The van der Waals surface area contributed by atoms with Crippen LogP contribution >= 0.6 is 23.1 Å². The fourth-order valence-corrected chi connectivity index (χ4v) is 5.50. The summed E-state index contributed by atoms with van der Waals surface area (Å²) < 4.78 is 5.83. The number of fused-ring (bicyclic) bond motifs is 1. The molecule has 0 radical (unpaired) electrons. The first kappa shape index (κ1) is 17.1. The Bertz CT molecular complexity index is 947. The highest BCUT2D eigenvalue weighted by Crippen LogP contribution is 2.44. The molecule has 1 aromatic heterocycles. The van der Waals surface area contributed by atoms with Gasteiger partial charge in [-0.15, -0.1) is 11.8 Å². The molecule has 6 heteroatoms. The number of hydrogen-bond acceptors (Lipinski definition) is 5. The molecule has 0 aliphatic carbocycles. The molecular formula is C20H17NO3S2. The Morgan fingerprint density at radius 2 is 1.88 bits per heavy atom. The smallest absolute Gasteiger partial charge is 0.305 e. The molecule has 0 saturated heterocycles. The van der Waals surface area contributed by atoms with Crippen molar-refractivity contribution in [1.82, 2.24) is 4.98 Å². The molecule has 2 heterocycles. The summed E-state index contributed by atoms with van der Waals surface area (Å²) >= 11 is 2.75. The first-order valence-electron chi connectivity index (χ1n) is 8.32. The van der Waals surface area contributed by atoms with Gasteiger partial charge in [-0.2, -0.15) is 0 Å². The number of thiazole rings is 1. The van der Waals surface area contributed by atoms with Gasteiger partial charge in [-0.1, -0.05) is 53.8 Å². The van der Waals surface area contributed by atoms with Crippen molar-refractivity contribution in [2.75, 3.05) is 5.75 Å². The number of rotatable bonds is 5. The average Bonchev–Trinajstić information content (AvgIpc) is 3.07. The molecule has 3 aromatic rings. The predicted molar refractivity (Wildman–Crippen MR) is 104 cm³/mol. The number of hydrogen-bond donors (Lipinski definition) is 1. The summed E-state index contributed by atoms with van der Waals surface area (Å²) in [5.74, 6) is 1.26.